The molecular weight excluding hydrogens is 312 g/mol. The van der Waals surface area contributed by atoms with Crippen LogP contribution in [0.3, 0.4) is 0 Å². The van der Waals surface area contributed by atoms with Crippen LogP contribution in [0.2, 0.25) is 0 Å². The van der Waals surface area contributed by atoms with Crippen molar-refractivity contribution in [1.82, 2.24) is 0 Å². The number of rotatable bonds is 4. The quantitative estimate of drug-likeness (QED) is 0.778. The number of hydrogen-bond acceptors (Lipinski definition) is 5. The summed E-state index contributed by atoms with van der Waals surface area (Å²) in [6.45, 7) is 11.5. The molecule has 2 fully saturated rings. The van der Waals surface area contributed by atoms with Crippen LogP contribution in [-0.2, 0) is 18.9 Å². The van der Waals surface area contributed by atoms with Crippen LogP contribution in [0, 0.1) is 0 Å². The molecule has 0 spiro atoms. The second-order valence-electron chi connectivity index (χ2n) is 6.70. The maximum atomic E-state index is 6.15. The molecule has 0 unspecified atom stereocenters. The molecular formula is C18H24O4S. The Balaban J connectivity index is 1.82. The molecule has 0 bridgehead atoms. The minimum atomic E-state index is -0.654. The van der Waals surface area contributed by atoms with Crippen molar-refractivity contribution in [3.8, 4) is 0 Å². The summed E-state index contributed by atoms with van der Waals surface area (Å²) < 4.78 is 24.2. The Morgan fingerprint density at radius 2 is 1.52 bits per heavy atom. The van der Waals surface area contributed by atoms with Crippen molar-refractivity contribution in [3.63, 3.8) is 0 Å². The van der Waals surface area contributed by atoms with Crippen molar-refractivity contribution in [3.05, 3.63) is 43.0 Å². The van der Waals surface area contributed by atoms with Gasteiger partial charge in [0.15, 0.2) is 11.6 Å². The Bertz CT molecular complexity index is 557. The Labute approximate surface area is 142 Å². The zero-order valence-electron chi connectivity index (χ0n) is 14.0. The van der Waals surface area contributed by atoms with E-state index < -0.39 is 11.6 Å². The molecule has 0 amide bonds. The third kappa shape index (κ3) is 3.80. The van der Waals surface area contributed by atoms with Crippen LogP contribution in [0.4, 0.5) is 0 Å². The molecule has 3 rings (SSSR count). The molecule has 0 N–H and O–H groups in total. The number of ether oxygens (including phenoxy) is 4. The topological polar surface area (TPSA) is 36.9 Å². The van der Waals surface area contributed by atoms with Gasteiger partial charge >= 0.3 is 0 Å². The molecule has 126 valence electrons. The minimum absolute atomic E-state index is 0.169. The summed E-state index contributed by atoms with van der Waals surface area (Å²) in [5, 5.41) is 0. The van der Waals surface area contributed by atoms with Gasteiger partial charge in [0.2, 0.25) is 0 Å². The smallest absolute Gasteiger partial charge is 0.165 e. The van der Waals surface area contributed by atoms with Gasteiger partial charge in [0.25, 0.3) is 0 Å². The summed E-state index contributed by atoms with van der Waals surface area (Å²) >= 11 is 1.64. The van der Waals surface area contributed by atoms with E-state index in [-0.39, 0.29) is 23.7 Å². The van der Waals surface area contributed by atoms with Gasteiger partial charge in [-0.3, -0.25) is 0 Å². The molecule has 1 aromatic rings. The van der Waals surface area contributed by atoms with Crippen LogP contribution >= 0.6 is 11.8 Å². The lowest BCUT2D eigenvalue weighted by Gasteiger charge is -2.25. The third-order valence-corrected chi connectivity index (χ3v) is 4.94. The summed E-state index contributed by atoms with van der Waals surface area (Å²) in [5.41, 5.74) is -0.169. The molecule has 2 aliphatic heterocycles. The van der Waals surface area contributed by atoms with Gasteiger partial charge in [-0.05, 0) is 39.8 Å². The third-order valence-electron chi connectivity index (χ3n) is 3.80. The molecule has 1 aromatic carbocycles. The highest BCUT2D eigenvalue weighted by Gasteiger charge is 2.53. The summed E-state index contributed by atoms with van der Waals surface area (Å²) in [6, 6.07) is 10.2. The molecule has 5 heteroatoms. The highest BCUT2D eigenvalue weighted by atomic mass is 32.2. The lowest BCUT2D eigenvalue weighted by Crippen LogP contribution is -2.40. The van der Waals surface area contributed by atoms with E-state index in [4.69, 9.17) is 18.9 Å². The number of hydrogen-bond donors (Lipinski definition) is 0. The maximum absolute atomic E-state index is 6.15. The van der Waals surface area contributed by atoms with Crippen molar-refractivity contribution in [2.24, 2.45) is 0 Å². The van der Waals surface area contributed by atoms with Crippen LogP contribution in [-0.4, -0.2) is 35.3 Å². The molecule has 0 radical (unpaired) electrons. The standard InChI is InChI=1S/C18H24O4S/c1-6-13-14(20-17(2,3)19-13)15-16(22-18(4,5)21-15)23-12-10-8-7-9-11-12/h6-11,13-16H,1H2,2-5H3/t13-,14+,15+,16+/m0/s1. The maximum Gasteiger partial charge on any atom is 0.165 e. The average Bonchev–Trinajstić information content (AvgIpc) is 2.95. The largest absolute Gasteiger partial charge is 0.341 e. The monoisotopic (exact) mass is 336 g/mol. The summed E-state index contributed by atoms with van der Waals surface area (Å²) in [5.74, 6) is -1.31. The summed E-state index contributed by atoms with van der Waals surface area (Å²) in [6.07, 6.45) is 1.08. The molecule has 0 aromatic heterocycles. The van der Waals surface area contributed by atoms with Crippen molar-refractivity contribution in [2.75, 3.05) is 0 Å². The fraction of sp³-hybridized carbons (Fsp3) is 0.556. The normalized spacial score (nSPS) is 35.3. The Kier molecular flexibility index (Phi) is 4.60. The van der Waals surface area contributed by atoms with E-state index in [2.05, 4.69) is 18.7 Å². The fourth-order valence-electron chi connectivity index (χ4n) is 2.96. The van der Waals surface area contributed by atoms with Crippen LogP contribution in [0.1, 0.15) is 27.7 Å². The van der Waals surface area contributed by atoms with Gasteiger partial charge in [0.1, 0.15) is 23.7 Å². The molecule has 23 heavy (non-hydrogen) atoms. The van der Waals surface area contributed by atoms with E-state index in [1.165, 1.54) is 0 Å². The van der Waals surface area contributed by atoms with Crippen LogP contribution < -0.4 is 0 Å². The van der Waals surface area contributed by atoms with Crippen LogP contribution in [0.15, 0.2) is 47.9 Å². The highest BCUT2D eigenvalue weighted by Crippen LogP contribution is 2.43. The molecule has 2 heterocycles. The van der Waals surface area contributed by atoms with E-state index in [1.807, 2.05) is 45.9 Å². The zero-order valence-corrected chi connectivity index (χ0v) is 14.8. The van der Waals surface area contributed by atoms with Crippen LogP contribution in [0.25, 0.3) is 0 Å². The lowest BCUT2D eigenvalue weighted by atomic mass is 10.1. The number of thioether (sulfide) groups is 1. The molecule has 4 atom stereocenters. The predicted molar refractivity (Wildman–Crippen MR) is 90.1 cm³/mol. The SMILES string of the molecule is C=C[C@@H]1OC(C)(C)O[C@H]1[C@H]1OC(C)(C)O[C@@H]1Sc1ccccc1. The number of benzene rings is 1. The van der Waals surface area contributed by atoms with Crippen molar-refractivity contribution < 1.29 is 18.9 Å². The molecule has 0 saturated carbocycles. The fourth-order valence-corrected chi connectivity index (χ4v) is 4.16. The second kappa shape index (κ2) is 6.22. The van der Waals surface area contributed by atoms with E-state index in [0.29, 0.717) is 0 Å². The van der Waals surface area contributed by atoms with Gasteiger partial charge < -0.3 is 18.9 Å². The van der Waals surface area contributed by atoms with Gasteiger partial charge in [0, 0.05) is 4.90 Å². The Morgan fingerprint density at radius 3 is 2.17 bits per heavy atom. The van der Waals surface area contributed by atoms with Gasteiger partial charge in [-0.1, -0.05) is 36.0 Å². The minimum Gasteiger partial charge on any atom is -0.341 e. The molecule has 2 saturated heterocycles. The Morgan fingerprint density at radius 1 is 0.913 bits per heavy atom. The first-order valence-electron chi connectivity index (χ1n) is 7.85. The first-order chi connectivity index (χ1) is 10.8. The highest BCUT2D eigenvalue weighted by molar-refractivity contribution is 7.99. The first kappa shape index (κ1) is 17.0. The molecule has 4 nitrogen and oxygen atoms in total. The van der Waals surface area contributed by atoms with E-state index in [0.717, 1.165) is 4.90 Å². The average molecular weight is 336 g/mol. The van der Waals surface area contributed by atoms with Crippen molar-refractivity contribution in [2.45, 2.75) is 67.9 Å². The first-order valence-corrected chi connectivity index (χ1v) is 8.73. The predicted octanol–water partition coefficient (Wildman–Crippen LogP) is 3.96. The molecule has 0 aliphatic carbocycles. The van der Waals surface area contributed by atoms with Crippen LogP contribution in [0.5, 0.6) is 0 Å². The van der Waals surface area contributed by atoms with Crippen molar-refractivity contribution >= 4 is 11.8 Å². The second-order valence-corrected chi connectivity index (χ2v) is 7.87. The van der Waals surface area contributed by atoms with Crippen molar-refractivity contribution in [1.29, 1.82) is 0 Å². The summed E-state index contributed by atoms with van der Waals surface area (Å²) in [4.78, 5) is 1.14. The van der Waals surface area contributed by atoms with Gasteiger partial charge in [0.05, 0.1) is 0 Å². The van der Waals surface area contributed by atoms with E-state index in [9.17, 15) is 0 Å². The van der Waals surface area contributed by atoms with E-state index in [1.54, 1.807) is 17.8 Å². The Hall–Kier alpha value is -0.850. The van der Waals surface area contributed by atoms with Gasteiger partial charge in [-0.2, -0.15) is 0 Å². The van der Waals surface area contributed by atoms with E-state index >= 15 is 0 Å². The molecule has 2 aliphatic rings. The lowest BCUT2D eigenvalue weighted by molar-refractivity contribution is -0.174. The zero-order chi connectivity index (χ0) is 16.7. The van der Waals surface area contributed by atoms with Gasteiger partial charge in [-0.15, -0.1) is 6.58 Å². The van der Waals surface area contributed by atoms with Gasteiger partial charge in [-0.25, -0.2) is 0 Å². The summed E-state index contributed by atoms with van der Waals surface area (Å²) in [7, 11) is 0.